The van der Waals surface area contributed by atoms with Crippen LogP contribution in [0, 0.1) is 6.92 Å². The predicted molar refractivity (Wildman–Crippen MR) is 112 cm³/mol. The summed E-state index contributed by atoms with van der Waals surface area (Å²) in [4.78, 5) is 24.2. The van der Waals surface area contributed by atoms with Crippen LogP contribution in [0.1, 0.15) is 31.5 Å². The highest BCUT2D eigenvalue weighted by Gasteiger charge is 2.23. The van der Waals surface area contributed by atoms with E-state index in [1.165, 1.54) is 5.56 Å². The van der Waals surface area contributed by atoms with Crippen LogP contribution < -0.4 is 4.90 Å². The van der Waals surface area contributed by atoms with E-state index in [1.54, 1.807) is 11.3 Å². The summed E-state index contributed by atoms with van der Waals surface area (Å²) in [6, 6.07) is 10.4. The van der Waals surface area contributed by atoms with Crippen LogP contribution in [0.2, 0.25) is 0 Å². The number of rotatable bonds is 6. The van der Waals surface area contributed by atoms with Gasteiger partial charge >= 0.3 is 0 Å². The second-order valence-electron chi connectivity index (χ2n) is 7.49. The van der Waals surface area contributed by atoms with E-state index in [9.17, 15) is 4.79 Å². The van der Waals surface area contributed by atoms with E-state index in [4.69, 9.17) is 0 Å². The van der Waals surface area contributed by atoms with Crippen LogP contribution in [0.15, 0.2) is 35.7 Å². The van der Waals surface area contributed by atoms with Gasteiger partial charge in [-0.15, -0.1) is 11.3 Å². The zero-order valence-corrected chi connectivity index (χ0v) is 17.4. The minimum absolute atomic E-state index is 0.194. The molecule has 5 nitrogen and oxygen atoms in total. The maximum absolute atomic E-state index is 13.0. The van der Waals surface area contributed by atoms with Crippen molar-refractivity contribution in [3.05, 3.63) is 47.0 Å². The van der Waals surface area contributed by atoms with Crippen molar-refractivity contribution in [2.75, 3.05) is 37.6 Å². The minimum Gasteiger partial charge on any atom is -0.347 e. The van der Waals surface area contributed by atoms with Crippen LogP contribution in [0.25, 0.3) is 0 Å². The Bertz CT molecular complexity index is 731. The van der Waals surface area contributed by atoms with Crippen molar-refractivity contribution in [1.29, 1.82) is 0 Å². The van der Waals surface area contributed by atoms with Crippen LogP contribution in [0.3, 0.4) is 0 Å². The normalized spacial score (nSPS) is 15.8. The monoisotopic (exact) mass is 386 g/mol. The van der Waals surface area contributed by atoms with Gasteiger partial charge in [-0.3, -0.25) is 9.69 Å². The summed E-state index contributed by atoms with van der Waals surface area (Å²) >= 11 is 1.71. The molecule has 0 saturated carbocycles. The first-order chi connectivity index (χ1) is 13.0. The second-order valence-corrected chi connectivity index (χ2v) is 8.33. The molecule has 0 spiro atoms. The second kappa shape index (κ2) is 9.33. The molecule has 0 atom stereocenters. The van der Waals surface area contributed by atoms with E-state index in [2.05, 4.69) is 46.1 Å². The van der Waals surface area contributed by atoms with E-state index in [0.717, 1.165) is 43.4 Å². The quantitative estimate of drug-likeness (QED) is 0.763. The number of amides is 1. The maximum Gasteiger partial charge on any atom is 0.237 e. The molecule has 1 aromatic heterocycles. The van der Waals surface area contributed by atoms with Crippen molar-refractivity contribution >= 4 is 22.4 Å². The zero-order chi connectivity index (χ0) is 19.2. The Hall–Kier alpha value is -1.92. The third kappa shape index (κ3) is 5.53. The van der Waals surface area contributed by atoms with Crippen LogP contribution in [-0.4, -0.2) is 59.5 Å². The Labute approximate surface area is 166 Å². The van der Waals surface area contributed by atoms with Gasteiger partial charge in [-0.05, 0) is 32.8 Å². The summed E-state index contributed by atoms with van der Waals surface area (Å²) in [7, 11) is 0. The zero-order valence-electron chi connectivity index (χ0n) is 16.6. The highest BCUT2D eigenvalue weighted by molar-refractivity contribution is 7.13. The van der Waals surface area contributed by atoms with Gasteiger partial charge in [-0.25, -0.2) is 4.98 Å². The molecule has 2 heterocycles. The molecule has 0 bridgehead atoms. The van der Waals surface area contributed by atoms with Crippen LogP contribution >= 0.6 is 11.3 Å². The Balaban J connectivity index is 1.57. The molecular weight excluding hydrogens is 356 g/mol. The molecule has 2 aromatic rings. The average Bonchev–Trinajstić information content (AvgIpc) is 2.95. The summed E-state index contributed by atoms with van der Waals surface area (Å²) < 4.78 is 0. The smallest absolute Gasteiger partial charge is 0.237 e. The molecule has 0 aliphatic carbocycles. The molecule has 1 saturated heterocycles. The lowest BCUT2D eigenvalue weighted by molar-refractivity contribution is -0.134. The van der Waals surface area contributed by atoms with Crippen molar-refractivity contribution in [1.82, 2.24) is 14.8 Å². The molecule has 0 unspecified atom stereocenters. The molecular formula is C21H30N4OS. The molecule has 6 heteroatoms. The Morgan fingerprint density at radius 2 is 1.96 bits per heavy atom. The largest absolute Gasteiger partial charge is 0.347 e. The van der Waals surface area contributed by atoms with Gasteiger partial charge in [0.25, 0.3) is 0 Å². The maximum atomic E-state index is 13.0. The van der Waals surface area contributed by atoms with Gasteiger partial charge in [-0.1, -0.05) is 30.3 Å². The lowest BCUT2D eigenvalue weighted by Crippen LogP contribution is -2.44. The Morgan fingerprint density at radius 3 is 2.63 bits per heavy atom. The fourth-order valence-corrected chi connectivity index (χ4v) is 4.29. The van der Waals surface area contributed by atoms with E-state index < -0.39 is 0 Å². The number of hydrogen-bond acceptors (Lipinski definition) is 5. The minimum atomic E-state index is 0.194. The molecule has 146 valence electrons. The first-order valence-electron chi connectivity index (χ1n) is 9.76. The summed E-state index contributed by atoms with van der Waals surface area (Å²) in [5.41, 5.74) is 2.26. The number of carbonyl (C=O) groups excluding carboxylic acids is 1. The van der Waals surface area contributed by atoms with Crippen molar-refractivity contribution in [3.8, 4) is 0 Å². The first kappa shape index (κ1) is 19.8. The Kier molecular flexibility index (Phi) is 6.85. The van der Waals surface area contributed by atoms with Crippen LogP contribution in [0.5, 0.6) is 0 Å². The number of hydrogen-bond donors (Lipinski definition) is 0. The van der Waals surface area contributed by atoms with Crippen molar-refractivity contribution in [2.24, 2.45) is 0 Å². The highest BCUT2D eigenvalue weighted by Crippen LogP contribution is 2.21. The number of carbonyl (C=O) groups is 1. The van der Waals surface area contributed by atoms with Gasteiger partial charge in [-0.2, -0.15) is 0 Å². The first-order valence-corrected chi connectivity index (χ1v) is 10.6. The van der Waals surface area contributed by atoms with E-state index in [-0.39, 0.29) is 11.9 Å². The lowest BCUT2D eigenvalue weighted by Gasteiger charge is -2.30. The number of anilines is 1. The SMILES string of the molecule is Cc1csc(N2CCCN(CC(=O)N(Cc3ccccc3)C(C)C)CC2)n1. The molecule has 1 fully saturated rings. The third-order valence-electron chi connectivity index (χ3n) is 4.96. The van der Waals surface area contributed by atoms with Crippen molar-refractivity contribution in [2.45, 2.75) is 39.8 Å². The van der Waals surface area contributed by atoms with Crippen LogP contribution in [0.4, 0.5) is 5.13 Å². The molecule has 27 heavy (non-hydrogen) atoms. The predicted octanol–water partition coefficient (Wildman–Crippen LogP) is 3.40. The fraction of sp³-hybridized carbons (Fsp3) is 0.524. The van der Waals surface area contributed by atoms with Gasteiger partial charge in [0.05, 0.1) is 12.2 Å². The van der Waals surface area contributed by atoms with Gasteiger partial charge < -0.3 is 9.80 Å². The van der Waals surface area contributed by atoms with Gasteiger partial charge in [0.2, 0.25) is 5.91 Å². The summed E-state index contributed by atoms with van der Waals surface area (Å²) in [5.74, 6) is 0.215. The standard InChI is InChI=1S/C21H30N4OS/c1-17(2)25(14-19-8-5-4-6-9-19)20(26)15-23-10-7-11-24(13-12-23)21-22-18(3)16-27-21/h4-6,8-9,16-17H,7,10-15H2,1-3H3. The lowest BCUT2D eigenvalue weighted by atomic mass is 10.2. The molecule has 0 N–H and O–H groups in total. The summed E-state index contributed by atoms with van der Waals surface area (Å²) in [6.07, 6.45) is 1.06. The average molecular weight is 387 g/mol. The topological polar surface area (TPSA) is 39.7 Å². The highest BCUT2D eigenvalue weighted by atomic mass is 32.1. The number of thiazole rings is 1. The van der Waals surface area contributed by atoms with E-state index in [1.807, 2.05) is 30.0 Å². The summed E-state index contributed by atoms with van der Waals surface area (Å²) in [5, 5.41) is 3.21. The molecule has 1 amide bonds. The van der Waals surface area contributed by atoms with Crippen LogP contribution in [-0.2, 0) is 11.3 Å². The number of benzene rings is 1. The van der Waals surface area contributed by atoms with E-state index in [0.29, 0.717) is 13.1 Å². The number of nitrogens with zero attached hydrogens (tertiary/aromatic N) is 4. The molecule has 1 aliphatic heterocycles. The molecule has 0 radical (unpaired) electrons. The van der Waals surface area contributed by atoms with E-state index >= 15 is 0 Å². The van der Waals surface area contributed by atoms with Crippen molar-refractivity contribution in [3.63, 3.8) is 0 Å². The number of aromatic nitrogens is 1. The fourth-order valence-electron chi connectivity index (χ4n) is 3.43. The molecule has 3 rings (SSSR count). The van der Waals surface area contributed by atoms with Gasteiger partial charge in [0.15, 0.2) is 5.13 Å². The van der Waals surface area contributed by atoms with Gasteiger partial charge in [0.1, 0.15) is 0 Å². The van der Waals surface area contributed by atoms with Crippen molar-refractivity contribution < 1.29 is 4.79 Å². The Morgan fingerprint density at radius 1 is 1.19 bits per heavy atom. The van der Waals surface area contributed by atoms with Gasteiger partial charge in [0, 0.05) is 44.1 Å². The molecule has 1 aliphatic rings. The molecule has 1 aromatic carbocycles. The third-order valence-corrected chi connectivity index (χ3v) is 5.98. The summed E-state index contributed by atoms with van der Waals surface area (Å²) in [6.45, 7) is 11.2. The number of aryl methyl sites for hydroxylation is 1.